The van der Waals surface area contributed by atoms with Gasteiger partial charge in [0.15, 0.2) is 6.10 Å². The van der Waals surface area contributed by atoms with E-state index in [1.165, 1.54) is 7.11 Å². The van der Waals surface area contributed by atoms with Gasteiger partial charge in [0, 0.05) is 18.2 Å². The van der Waals surface area contributed by atoms with Gasteiger partial charge in [-0.2, -0.15) is 13.2 Å². The molecule has 0 bridgehead atoms. The first-order valence-corrected chi connectivity index (χ1v) is 5.47. The summed E-state index contributed by atoms with van der Waals surface area (Å²) in [6.07, 6.45) is -6.97. The molecular formula is C12H16F3NO2. The number of para-hydroxylation sites is 1. The average molecular weight is 263 g/mol. The molecule has 2 N–H and O–H groups in total. The Morgan fingerprint density at radius 3 is 2.50 bits per heavy atom. The molecule has 0 saturated carbocycles. The largest absolute Gasteiger partial charge is 0.496 e. The normalized spacial score (nSPS) is 15.2. The van der Waals surface area contributed by atoms with Crippen LogP contribution in [0.15, 0.2) is 24.3 Å². The highest BCUT2D eigenvalue weighted by Gasteiger charge is 2.38. The van der Waals surface area contributed by atoms with Crippen molar-refractivity contribution < 1.29 is 23.0 Å². The van der Waals surface area contributed by atoms with Crippen LogP contribution in [0.2, 0.25) is 0 Å². The highest BCUT2D eigenvalue weighted by Crippen LogP contribution is 2.25. The number of rotatable bonds is 5. The lowest BCUT2D eigenvalue weighted by Crippen LogP contribution is -2.39. The third-order valence-corrected chi connectivity index (χ3v) is 2.60. The molecule has 0 aliphatic carbocycles. The van der Waals surface area contributed by atoms with Crippen LogP contribution in [0.25, 0.3) is 0 Å². The maximum Gasteiger partial charge on any atom is 0.415 e. The molecule has 0 fully saturated rings. The molecule has 3 nitrogen and oxygen atoms in total. The molecule has 1 aromatic carbocycles. The van der Waals surface area contributed by atoms with Crippen LogP contribution in [0.1, 0.15) is 18.5 Å². The Kier molecular flexibility index (Phi) is 4.98. The van der Waals surface area contributed by atoms with Crippen LogP contribution in [-0.4, -0.2) is 31.0 Å². The molecule has 0 aliphatic heterocycles. The van der Waals surface area contributed by atoms with Crippen LogP contribution < -0.4 is 10.1 Å². The van der Waals surface area contributed by atoms with Gasteiger partial charge in [-0.25, -0.2) is 0 Å². The molecule has 2 atom stereocenters. The monoisotopic (exact) mass is 263 g/mol. The Bertz CT molecular complexity index is 382. The van der Waals surface area contributed by atoms with Crippen LogP contribution in [0.3, 0.4) is 0 Å². The predicted molar refractivity (Wildman–Crippen MR) is 61.5 cm³/mol. The topological polar surface area (TPSA) is 41.5 Å². The van der Waals surface area contributed by atoms with Gasteiger partial charge in [-0.15, -0.1) is 0 Å². The zero-order chi connectivity index (χ0) is 13.8. The molecule has 0 aliphatic rings. The number of aliphatic hydroxyl groups excluding tert-OH is 1. The van der Waals surface area contributed by atoms with Crippen molar-refractivity contribution in [2.45, 2.75) is 25.2 Å². The summed E-state index contributed by atoms with van der Waals surface area (Å²) in [4.78, 5) is 0. The lowest BCUT2D eigenvalue weighted by Gasteiger charge is -2.20. The van der Waals surface area contributed by atoms with Gasteiger partial charge in [0.05, 0.1) is 7.11 Å². The van der Waals surface area contributed by atoms with E-state index in [4.69, 9.17) is 9.84 Å². The van der Waals surface area contributed by atoms with Crippen LogP contribution in [-0.2, 0) is 0 Å². The summed E-state index contributed by atoms with van der Waals surface area (Å²) in [6.45, 7) is 1.16. The molecule has 1 rings (SSSR count). The Morgan fingerprint density at radius 1 is 1.33 bits per heavy atom. The van der Waals surface area contributed by atoms with Gasteiger partial charge in [0.2, 0.25) is 0 Å². The van der Waals surface area contributed by atoms with E-state index >= 15 is 0 Å². The quantitative estimate of drug-likeness (QED) is 0.856. The van der Waals surface area contributed by atoms with Crippen molar-refractivity contribution in [3.63, 3.8) is 0 Å². The summed E-state index contributed by atoms with van der Waals surface area (Å²) in [7, 11) is 1.50. The number of methoxy groups -OCH3 is 1. The summed E-state index contributed by atoms with van der Waals surface area (Å²) in [6, 6.07) is 6.69. The summed E-state index contributed by atoms with van der Waals surface area (Å²) in [5, 5.41) is 11.5. The third-order valence-electron chi connectivity index (χ3n) is 2.60. The van der Waals surface area contributed by atoms with Gasteiger partial charge >= 0.3 is 6.18 Å². The minimum absolute atomic E-state index is 0.349. The molecule has 102 valence electrons. The minimum Gasteiger partial charge on any atom is -0.496 e. The van der Waals surface area contributed by atoms with Crippen molar-refractivity contribution in [1.82, 2.24) is 5.32 Å². The molecular weight excluding hydrogens is 247 g/mol. The molecule has 6 heteroatoms. The van der Waals surface area contributed by atoms with E-state index in [2.05, 4.69) is 5.32 Å². The van der Waals surface area contributed by atoms with Crippen molar-refractivity contribution >= 4 is 0 Å². The van der Waals surface area contributed by atoms with Crippen molar-refractivity contribution in [2.75, 3.05) is 13.7 Å². The highest BCUT2D eigenvalue weighted by atomic mass is 19.4. The van der Waals surface area contributed by atoms with Crippen molar-refractivity contribution in [2.24, 2.45) is 0 Å². The van der Waals surface area contributed by atoms with Crippen molar-refractivity contribution in [3.05, 3.63) is 29.8 Å². The zero-order valence-electron chi connectivity index (χ0n) is 10.2. The first kappa shape index (κ1) is 14.8. The fraction of sp³-hybridized carbons (Fsp3) is 0.500. The first-order chi connectivity index (χ1) is 8.36. The average Bonchev–Trinajstić information content (AvgIpc) is 2.34. The lowest BCUT2D eigenvalue weighted by atomic mass is 10.1. The van der Waals surface area contributed by atoms with E-state index in [0.29, 0.717) is 5.75 Å². The van der Waals surface area contributed by atoms with Gasteiger partial charge in [-0.05, 0) is 13.0 Å². The van der Waals surface area contributed by atoms with Gasteiger partial charge in [-0.3, -0.25) is 0 Å². The minimum atomic E-state index is -4.60. The van der Waals surface area contributed by atoms with E-state index in [0.717, 1.165) is 5.56 Å². The van der Waals surface area contributed by atoms with E-state index in [1.807, 2.05) is 0 Å². The Balaban J connectivity index is 2.63. The van der Waals surface area contributed by atoms with Crippen molar-refractivity contribution in [1.29, 1.82) is 0 Å². The van der Waals surface area contributed by atoms with Crippen LogP contribution in [0.5, 0.6) is 5.75 Å². The zero-order valence-corrected chi connectivity index (χ0v) is 10.2. The SMILES string of the molecule is COc1ccccc1[C@@H](C)NCC(O)C(F)(F)F. The number of halogens is 3. The number of nitrogens with one attached hydrogen (secondary N) is 1. The second kappa shape index (κ2) is 6.06. The molecule has 0 spiro atoms. The molecule has 0 radical (unpaired) electrons. The summed E-state index contributed by atoms with van der Waals surface area (Å²) in [5.41, 5.74) is 0.745. The third kappa shape index (κ3) is 3.89. The molecule has 0 amide bonds. The van der Waals surface area contributed by atoms with Crippen LogP contribution in [0, 0.1) is 0 Å². The Hall–Kier alpha value is -1.27. The van der Waals surface area contributed by atoms with Gasteiger partial charge in [-0.1, -0.05) is 18.2 Å². The fourth-order valence-corrected chi connectivity index (χ4v) is 1.54. The number of hydrogen-bond donors (Lipinski definition) is 2. The molecule has 0 aromatic heterocycles. The Labute approximate surface area is 104 Å². The van der Waals surface area contributed by atoms with Gasteiger partial charge < -0.3 is 15.2 Å². The molecule has 18 heavy (non-hydrogen) atoms. The molecule has 0 saturated heterocycles. The summed E-state index contributed by atoms with van der Waals surface area (Å²) >= 11 is 0. The highest BCUT2D eigenvalue weighted by molar-refractivity contribution is 5.35. The standard InChI is InChI=1S/C12H16F3NO2/c1-8(16-7-11(17)12(13,14)15)9-5-3-4-6-10(9)18-2/h3-6,8,11,16-17H,7H2,1-2H3/t8-,11?/m1/s1. The van der Waals surface area contributed by atoms with Crippen molar-refractivity contribution in [3.8, 4) is 5.75 Å². The smallest absolute Gasteiger partial charge is 0.415 e. The van der Waals surface area contributed by atoms with Gasteiger partial charge in [0.1, 0.15) is 5.75 Å². The number of benzene rings is 1. The maximum atomic E-state index is 12.1. The Morgan fingerprint density at radius 2 is 1.94 bits per heavy atom. The van der Waals surface area contributed by atoms with Crippen LogP contribution in [0.4, 0.5) is 13.2 Å². The maximum absolute atomic E-state index is 12.1. The van der Waals surface area contributed by atoms with E-state index < -0.39 is 18.8 Å². The van der Waals surface area contributed by atoms with E-state index in [9.17, 15) is 13.2 Å². The van der Waals surface area contributed by atoms with E-state index in [-0.39, 0.29) is 6.04 Å². The molecule has 1 aromatic rings. The number of hydrogen-bond acceptors (Lipinski definition) is 3. The second-order valence-corrected chi connectivity index (χ2v) is 3.93. The van der Waals surface area contributed by atoms with E-state index in [1.54, 1.807) is 31.2 Å². The second-order valence-electron chi connectivity index (χ2n) is 3.93. The number of alkyl halides is 3. The first-order valence-electron chi connectivity index (χ1n) is 5.47. The van der Waals surface area contributed by atoms with Crippen LogP contribution >= 0.6 is 0 Å². The van der Waals surface area contributed by atoms with Gasteiger partial charge in [0.25, 0.3) is 0 Å². The summed E-state index contributed by atoms with van der Waals surface area (Å²) < 4.78 is 41.5. The summed E-state index contributed by atoms with van der Waals surface area (Å²) in [5.74, 6) is 0.596. The number of aliphatic hydroxyl groups is 1. The number of ether oxygens (including phenoxy) is 1. The molecule has 1 unspecified atom stereocenters. The fourth-order valence-electron chi connectivity index (χ4n) is 1.54. The molecule has 0 heterocycles. The lowest BCUT2D eigenvalue weighted by molar-refractivity contribution is -0.202. The predicted octanol–water partition coefficient (Wildman–Crippen LogP) is 2.27.